The van der Waals surface area contributed by atoms with Gasteiger partial charge in [-0.15, -0.1) is 0 Å². The Labute approximate surface area is 168 Å². The summed E-state index contributed by atoms with van der Waals surface area (Å²) in [4.78, 5) is 16.5. The highest BCUT2D eigenvalue weighted by Gasteiger charge is 2.07. The van der Waals surface area contributed by atoms with Crippen molar-refractivity contribution in [2.75, 3.05) is 18.4 Å². The van der Waals surface area contributed by atoms with E-state index in [2.05, 4.69) is 15.6 Å². The van der Waals surface area contributed by atoms with Gasteiger partial charge in [-0.1, -0.05) is 41.9 Å². The topological polar surface area (TPSA) is 54.0 Å². The third kappa shape index (κ3) is 5.79. The van der Waals surface area contributed by atoms with Gasteiger partial charge in [0, 0.05) is 24.3 Å². The van der Waals surface area contributed by atoms with E-state index in [1.54, 1.807) is 30.3 Å². The van der Waals surface area contributed by atoms with Crippen molar-refractivity contribution < 1.29 is 9.18 Å². The molecule has 1 amide bonds. The normalized spacial score (nSPS) is 10.5. The number of amides is 1. The number of anilines is 1. The molecule has 2 N–H and O–H groups in total. The zero-order chi connectivity index (χ0) is 19.8. The lowest BCUT2D eigenvalue weighted by Gasteiger charge is -2.08. The SMILES string of the molecule is O=C(NCCc1ccccc1F)c1ccc(NCCc2cccc(Cl)c2)nc1. The van der Waals surface area contributed by atoms with Gasteiger partial charge in [0.1, 0.15) is 11.6 Å². The van der Waals surface area contributed by atoms with Gasteiger partial charge in [0.2, 0.25) is 0 Å². The third-order valence-electron chi connectivity index (χ3n) is 4.27. The van der Waals surface area contributed by atoms with Crippen LogP contribution < -0.4 is 10.6 Å². The van der Waals surface area contributed by atoms with Gasteiger partial charge < -0.3 is 10.6 Å². The van der Waals surface area contributed by atoms with E-state index in [1.165, 1.54) is 12.3 Å². The molecule has 1 aromatic heterocycles. The summed E-state index contributed by atoms with van der Waals surface area (Å²) in [6.07, 6.45) is 2.79. The minimum absolute atomic E-state index is 0.227. The first-order valence-corrected chi connectivity index (χ1v) is 9.45. The molecule has 0 aliphatic rings. The Morgan fingerprint density at radius 1 is 1.00 bits per heavy atom. The molecule has 0 spiro atoms. The van der Waals surface area contributed by atoms with Crippen molar-refractivity contribution in [2.45, 2.75) is 12.8 Å². The van der Waals surface area contributed by atoms with Crippen molar-refractivity contribution >= 4 is 23.3 Å². The number of hydrogen-bond acceptors (Lipinski definition) is 3. The fourth-order valence-corrected chi connectivity index (χ4v) is 2.99. The van der Waals surface area contributed by atoms with Crippen LogP contribution in [0.15, 0.2) is 66.9 Å². The molecular weight excluding hydrogens is 377 g/mol. The Hall–Kier alpha value is -2.92. The van der Waals surface area contributed by atoms with E-state index in [0.29, 0.717) is 36.5 Å². The van der Waals surface area contributed by atoms with Gasteiger partial charge in [-0.05, 0) is 54.3 Å². The van der Waals surface area contributed by atoms with Gasteiger partial charge in [0.05, 0.1) is 5.56 Å². The van der Waals surface area contributed by atoms with Crippen molar-refractivity contribution in [3.8, 4) is 0 Å². The molecule has 0 aliphatic heterocycles. The van der Waals surface area contributed by atoms with Gasteiger partial charge in [0.25, 0.3) is 5.91 Å². The minimum Gasteiger partial charge on any atom is -0.370 e. The Morgan fingerprint density at radius 2 is 1.86 bits per heavy atom. The molecular formula is C22H21ClFN3O. The van der Waals surface area contributed by atoms with Crippen LogP contribution in [0.1, 0.15) is 21.5 Å². The van der Waals surface area contributed by atoms with Gasteiger partial charge in [-0.25, -0.2) is 9.37 Å². The lowest BCUT2D eigenvalue weighted by atomic mass is 10.1. The highest BCUT2D eigenvalue weighted by Crippen LogP contribution is 2.12. The molecule has 0 saturated carbocycles. The average molecular weight is 398 g/mol. The average Bonchev–Trinajstić information content (AvgIpc) is 2.70. The molecule has 144 valence electrons. The second-order valence-corrected chi connectivity index (χ2v) is 6.77. The fourth-order valence-electron chi connectivity index (χ4n) is 2.77. The number of hydrogen-bond donors (Lipinski definition) is 2. The van der Waals surface area contributed by atoms with E-state index in [1.807, 2.05) is 24.3 Å². The zero-order valence-corrected chi connectivity index (χ0v) is 16.0. The maximum absolute atomic E-state index is 13.6. The standard InChI is InChI=1S/C22H21ClFN3O/c23-19-6-3-4-16(14-19)10-12-25-21-9-8-18(15-27-21)22(28)26-13-11-17-5-1-2-7-20(17)24/h1-9,14-15H,10-13H2,(H,25,27)(H,26,28). The lowest BCUT2D eigenvalue weighted by Crippen LogP contribution is -2.26. The van der Waals surface area contributed by atoms with Crippen LogP contribution in [0.3, 0.4) is 0 Å². The van der Waals surface area contributed by atoms with E-state index in [0.717, 1.165) is 17.0 Å². The summed E-state index contributed by atoms with van der Waals surface area (Å²) in [5.74, 6) is 0.214. The number of halogens is 2. The minimum atomic E-state index is -0.258. The van der Waals surface area contributed by atoms with Crippen LogP contribution in [0.2, 0.25) is 5.02 Å². The smallest absolute Gasteiger partial charge is 0.252 e. The first-order valence-electron chi connectivity index (χ1n) is 9.08. The summed E-state index contributed by atoms with van der Waals surface area (Å²) in [5, 5.41) is 6.73. The number of benzene rings is 2. The van der Waals surface area contributed by atoms with Crippen LogP contribution in [-0.4, -0.2) is 24.0 Å². The zero-order valence-electron chi connectivity index (χ0n) is 15.3. The Kier molecular flexibility index (Phi) is 6.98. The van der Waals surface area contributed by atoms with Gasteiger partial charge in [-0.2, -0.15) is 0 Å². The summed E-state index contributed by atoms with van der Waals surface area (Å²) in [6.45, 7) is 1.07. The summed E-state index contributed by atoms with van der Waals surface area (Å²) in [7, 11) is 0. The molecule has 0 bridgehead atoms. The van der Waals surface area contributed by atoms with Crippen LogP contribution in [0.25, 0.3) is 0 Å². The number of carbonyl (C=O) groups excluding carboxylic acids is 1. The first kappa shape index (κ1) is 19.8. The van der Waals surface area contributed by atoms with E-state index in [-0.39, 0.29) is 11.7 Å². The van der Waals surface area contributed by atoms with E-state index in [4.69, 9.17) is 11.6 Å². The summed E-state index contributed by atoms with van der Waals surface area (Å²) >= 11 is 5.98. The van der Waals surface area contributed by atoms with Crippen LogP contribution in [-0.2, 0) is 12.8 Å². The van der Waals surface area contributed by atoms with Crippen molar-refractivity contribution in [1.29, 1.82) is 0 Å². The molecule has 4 nitrogen and oxygen atoms in total. The Bertz CT molecular complexity index is 931. The van der Waals surface area contributed by atoms with Crippen molar-refractivity contribution in [2.24, 2.45) is 0 Å². The molecule has 0 aliphatic carbocycles. The highest BCUT2D eigenvalue weighted by atomic mass is 35.5. The van der Waals surface area contributed by atoms with Gasteiger partial charge >= 0.3 is 0 Å². The van der Waals surface area contributed by atoms with Gasteiger partial charge in [-0.3, -0.25) is 4.79 Å². The molecule has 0 fully saturated rings. The maximum atomic E-state index is 13.6. The second kappa shape index (κ2) is 9.85. The number of pyridine rings is 1. The number of nitrogens with one attached hydrogen (secondary N) is 2. The predicted octanol–water partition coefficient (Wildman–Crippen LogP) is 4.50. The summed E-state index contributed by atoms with van der Waals surface area (Å²) in [6, 6.07) is 17.8. The van der Waals surface area contributed by atoms with E-state index >= 15 is 0 Å². The van der Waals surface area contributed by atoms with Crippen LogP contribution in [0.4, 0.5) is 10.2 Å². The highest BCUT2D eigenvalue weighted by molar-refractivity contribution is 6.30. The lowest BCUT2D eigenvalue weighted by molar-refractivity contribution is 0.0953. The molecule has 3 aromatic rings. The molecule has 1 heterocycles. The largest absolute Gasteiger partial charge is 0.370 e. The summed E-state index contributed by atoms with van der Waals surface area (Å²) in [5.41, 5.74) is 2.19. The second-order valence-electron chi connectivity index (χ2n) is 6.34. The third-order valence-corrected chi connectivity index (χ3v) is 4.51. The molecule has 3 rings (SSSR count). The molecule has 6 heteroatoms. The number of rotatable bonds is 8. The molecule has 0 atom stereocenters. The molecule has 28 heavy (non-hydrogen) atoms. The molecule has 2 aromatic carbocycles. The van der Waals surface area contributed by atoms with E-state index in [9.17, 15) is 9.18 Å². The molecule has 0 radical (unpaired) electrons. The van der Waals surface area contributed by atoms with Crippen molar-refractivity contribution in [1.82, 2.24) is 10.3 Å². The van der Waals surface area contributed by atoms with Crippen LogP contribution >= 0.6 is 11.6 Å². The van der Waals surface area contributed by atoms with E-state index < -0.39 is 0 Å². The Balaban J connectivity index is 1.44. The van der Waals surface area contributed by atoms with Crippen molar-refractivity contribution in [3.05, 3.63) is 94.4 Å². The van der Waals surface area contributed by atoms with Crippen molar-refractivity contribution in [3.63, 3.8) is 0 Å². The predicted molar refractivity (Wildman–Crippen MR) is 110 cm³/mol. The fraction of sp³-hybridized carbons (Fsp3) is 0.182. The maximum Gasteiger partial charge on any atom is 0.252 e. The Morgan fingerprint density at radius 3 is 2.61 bits per heavy atom. The first-order chi connectivity index (χ1) is 13.6. The molecule has 0 saturated heterocycles. The van der Waals surface area contributed by atoms with Gasteiger partial charge in [0.15, 0.2) is 0 Å². The van der Waals surface area contributed by atoms with Crippen LogP contribution in [0, 0.1) is 5.82 Å². The molecule has 0 unspecified atom stereocenters. The number of aromatic nitrogens is 1. The monoisotopic (exact) mass is 397 g/mol. The quantitative estimate of drug-likeness (QED) is 0.588. The number of carbonyl (C=O) groups is 1. The van der Waals surface area contributed by atoms with Crippen LogP contribution in [0.5, 0.6) is 0 Å². The number of nitrogens with zero attached hydrogens (tertiary/aromatic N) is 1. The summed E-state index contributed by atoms with van der Waals surface area (Å²) < 4.78 is 13.6.